The van der Waals surface area contributed by atoms with Crippen molar-refractivity contribution >= 4 is 5.91 Å². The van der Waals surface area contributed by atoms with Gasteiger partial charge in [-0.05, 0) is 18.8 Å². The van der Waals surface area contributed by atoms with E-state index >= 15 is 0 Å². The smallest absolute Gasteiger partial charge is 0.274 e. The summed E-state index contributed by atoms with van der Waals surface area (Å²) in [6, 6.07) is 9.89. The highest BCUT2D eigenvalue weighted by Crippen LogP contribution is 2.25. The van der Waals surface area contributed by atoms with Crippen LogP contribution in [-0.4, -0.2) is 27.4 Å². The van der Waals surface area contributed by atoms with E-state index in [4.69, 9.17) is 0 Å². The third-order valence-corrected chi connectivity index (χ3v) is 4.24. The zero-order valence-corrected chi connectivity index (χ0v) is 12.2. The highest BCUT2D eigenvalue weighted by molar-refractivity contribution is 5.98. The van der Waals surface area contributed by atoms with Crippen molar-refractivity contribution in [2.75, 3.05) is 0 Å². The van der Waals surface area contributed by atoms with Gasteiger partial charge >= 0.3 is 0 Å². The second-order valence-electron chi connectivity index (χ2n) is 5.73. The Bertz CT molecular complexity index is 608. The molecule has 5 heteroatoms. The van der Waals surface area contributed by atoms with Gasteiger partial charge in [-0.15, -0.1) is 0 Å². The molecule has 0 radical (unpaired) electrons. The third kappa shape index (κ3) is 2.96. The third-order valence-electron chi connectivity index (χ3n) is 4.24. The Morgan fingerprint density at radius 1 is 1.19 bits per heavy atom. The van der Waals surface area contributed by atoms with Crippen molar-refractivity contribution in [3.05, 3.63) is 36.0 Å². The zero-order valence-electron chi connectivity index (χ0n) is 12.2. The van der Waals surface area contributed by atoms with Gasteiger partial charge in [-0.25, -0.2) is 0 Å². The number of rotatable bonds is 3. The van der Waals surface area contributed by atoms with Gasteiger partial charge in [0.1, 0.15) is 5.69 Å². The van der Waals surface area contributed by atoms with Crippen LogP contribution in [0.25, 0.3) is 11.3 Å². The Morgan fingerprint density at radius 2 is 1.95 bits per heavy atom. The van der Waals surface area contributed by atoms with E-state index in [0.29, 0.717) is 17.3 Å². The number of benzene rings is 1. The van der Waals surface area contributed by atoms with E-state index in [2.05, 4.69) is 27.7 Å². The van der Waals surface area contributed by atoms with Crippen LogP contribution in [0.1, 0.15) is 43.1 Å². The van der Waals surface area contributed by atoms with Crippen LogP contribution < -0.4 is 5.32 Å². The molecule has 1 saturated carbocycles. The van der Waals surface area contributed by atoms with E-state index in [9.17, 15) is 4.79 Å². The molecule has 1 aromatic heterocycles. The van der Waals surface area contributed by atoms with Gasteiger partial charge in [0.05, 0.1) is 0 Å². The van der Waals surface area contributed by atoms with Gasteiger partial charge in [-0.3, -0.25) is 4.79 Å². The van der Waals surface area contributed by atoms with E-state index in [-0.39, 0.29) is 11.9 Å². The monoisotopic (exact) mass is 284 g/mol. The summed E-state index contributed by atoms with van der Waals surface area (Å²) < 4.78 is 0. The molecule has 1 fully saturated rings. The number of H-pyrrole nitrogens is 1. The summed E-state index contributed by atoms with van der Waals surface area (Å²) in [5.74, 6) is 0.385. The summed E-state index contributed by atoms with van der Waals surface area (Å²) in [6.45, 7) is 2.20. The Kier molecular flexibility index (Phi) is 3.99. The van der Waals surface area contributed by atoms with Crippen LogP contribution >= 0.6 is 0 Å². The summed E-state index contributed by atoms with van der Waals surface area (Å²) in [5.41, 5.74) is 1.88. The highest BCUT2D eigenvalue weighted by Gasteiger charge is 2.25. The highest BCUT2D eigenvalue weighted by atomic mass is 16.2. The van der Waals surface area contributed by atoms with Crippen molar-refractivity contribution in [3.8, 4) is 11.3 Å². The number of aromatic nitrogens is 3. The molecule has 2 N–H and O–H groups in total. The molecule has 2 aromatic rings. The topological polar surface area (TPSA) is 70.7 Å². The molecule has 21 heavy (non-hydrogen) atoms. The number of nitrogens with zero attached hydrogens (tertiary/aromatic N) is 2. The Balaban J connectivity index is 1.78. The number of aromatic amines is 1. The summed E-state index contributed by atoms with van der Waals surface area (Å²) in [7, 11) is 0. The molecule has 0 bridgehead atoms. The van der Waals surface area contributed by atoms with Crippen molar-refractivity contribution < 1.29 is 4.79 Å². The minimum absolute atomic E-state index is 0.138. The summed E-state index contributed by atoms with van der Waals surface area (Å²) in [6.07, 6.45) is 4.66. The van der Waals surface area contributed by atoms with Crippen LogP contribution in [0.4, 0.5) is 0 Å². The quantitative estimate of drug-likeness (QED) is 0.910. The van der Waals surface area contributed by atoms with Gasteiger partial charge in [0.25, 0.3) is 5.91 Å². The second-order valence-corrected chi connectivity index (χ2v) is 5.73. The first-order chi connectivity index (χ1) is 10.3. The molecule has 3 rings (SSSR count). The van der Waals surface area contributed by atoms with Crippen molar-refractivity contribution in [2.45, 2.75) is 38.6 Å². The van der Waals surface area contributed by atoms with Gasteiger partial charge in [0.2, 0.25) is 0 Å². The van der Waals surface area contributed by atoms with Gasteiger partial charge in [0, 0.05) is 11.6 Å². The number of nitrogens with one attached hydrogen (secondary N) is 2. The molecular weight excluding hydrogens is 264 g/mol. The summed E-state index contributed by atoms with van der Waals surface area (Å²) in [4.78, 5) is 12.5. The molecule has 0 unspecified atom stereocenters. The number of hydrogen-bond acceptors (Lipinski definition) is 3. The molecule has 2 atom stereocenters. The minimum atomic E-state index is -0.138. The van der Waals surface area contributed by atoms with Gasteiger partial charge in [-0.2, -0.15) is 15.4 Å². The predicted molar refractivity (Wildman–Crippen MR) is 80.7 cm³/mol. The Labute approximate surface area is 124 Å². The van der Waals surface area contributed by atoms with Gasteiger partial charge in [0.15, 0.2) is 5.69 Å². The van der Waals surface area contributed by atoms with Crippen LogP contribution in [0.3, 0.4) is 0 Å². The maximum atomic E-state index is 12.5. The van der Waals surface area contributed by atoms with Gasteiger partial charge in [-0.1, -0.05) is 50.1 Å². The number of hydrogen-bond donors (Lipinski definition) is 2. The second kappa shape index (κ2) is 6.08. The number of amides is 1. The zero-order chi connectivity index (χ0) is 14.7. The molecule has 1 aromatic carbocycles. The SMILES string of the molecule is C[C@@H]1CCCC[C@@H]1NC(=O)c1n[nH]nc1-c1ccccc1. The lowest BCUT2D eigenvalue weighted by atomic mass is 9.86. The molecule has 0 spiro atoms. The number of carbonyl (C=O) groups is 1. The molecule has 0 aliphatic heterocycles. The molecule has 1 aliphatic carbocycles. The molecule has 110 valence electrons. The largest absolute Gasteiger partial charge is 0.348 e. The van der Waals surface area contributed by atoms with Gasteiger partial charge < -0.3 is 5.32 Å². The van der Waals surface area contributed by atoms with E-state index < -0.39 is 0 Å². The fourth-order valence-corrected chi connectivity index (χ4v) is 2.95. The van der Waals surface area contributed by atoms with Crippen LogP contribution in [0.2, 0.25) is 0 Å². The number of carbonyl (C=O) groups excluding carboxylic acids is 1. The van der Waals surface area contributed by atoms with Crippen molar-refractivity contribution in [2.24, 2.45) is 5.92 Å². The Hall–Kier alpha value is -2.17. The van der Waals surface area contributed by atoms with Crippen LogP contribution in [0.15, 0.2) is 30.3 Å². The van der Waals surface area contributed by atoms with Crippen molar-refractivity contribution in [1.29, 1.82) is 0 Å². The minimum Gasteiger partial charge on any atom is -0.348 e. The van der Waals surface area contributed by atoms with E-state index in [0.717, 1.165) is 12.0 Å². The first-order valence-corrected chi connectivity index (χ1v) is 7.53. The summed E-state index contributed by atoms with van der Waals surface area (Å²) >= 11 is 0. The van der Waals surface area contributed by atoms with E-state index in [1.807, 2.05) is 30.3 Å². The average Bonchev–Trinajstić information content (AvgIpc) is 3.00. The molecular formula is C16H20N4O. The first kappa shape index (κ1) is 13.8. The normalized spacial score (nSPS) is 22.0. The lowest BCUT2D eigenvalue weighted by molar-refractivity contribution is 0.0906. The maximum Gasteiger partial charge on any atom is 0.274 e. The lowest BCUT2D eigenvalue weighted by Gasteiger charge is -2.29. The Morgan fingerprint density at radius 3 is 2.71 bits per heavy atom. The molecule has 0 saturated heterocycles. The van der Waals surface area contributed by atoms with E-state index in [1.54, 1.807) is 0 Å². The standard InChI is InChI=1S/C16H20N4O/c1-11-7-5-6-10-13(11)17-16(21)15-14(18-20-19-15)12-8-3-2-4-9-12/h2-4,8-9,11,13H,5-7,10H2,1H3,(H,17,21)(H,18,19,20)/t11-,13+/m1/s1. The average molecular weight is 284 g/mol. The van der Waals surface area contributed by atoms with Crippen LogP contribution in [-0.2, 0) is 0 Å². The molecule has 1 heterocycles. The summed E-state index contributed by atoms with van der Waals surface area (Å²) in [5, 5.41) is 13.8. The van der Waals surface area contributed by atoms with Crippen molar-refractivity contribution in [3.63, 3.8) is 0 Å². The lowest BCUT2D eigenvalue weighted by Crippen LogP contribution is -2.41. The fraction of sp³-hybridized carbons (Fsp3) is 0.438. The maximum absolute atomic E-state index is 12.5. The van der Waals surface area contributed by atoms with Crippen LogP contribution in [0, 0.1) is 5.92 Å². The molecule has 5 nitrogen and oxygen atoms in total. The molecule has 1 aliphatic rings. The van der Waals surface area contributed by atoms with Crippen LogP contribution in [0.5, 0.6) is 0 Å². The fourth-order valence-electron chi connectivity index (χ4n) is 2.95. The van der Waals surface area contributed by atoms with Crippen molar-refractivity contribution in [1.82, 2.24) is 20.7 Å². The van der Waals surface area contributed by atoms with E-state index in [1.165, 1.54) is 19.3 Å². The molecule has 1 amide bonds. The first-order valence-electron chi connectivity index (χ1n) is 7.53. The predicted octanol–water partition coefficient (Wildman–Crippen LogP) is 2.78.